The first-order chi connectivity index (χ1) is 12.5. The number of hydrogen-bond acceptors (Lipinski definition) is 4. The van der Waals surface area contributed by atoms with Crippen LogP contribution in [-0.4, -0.2) is 40.1 Å². The summed E-state index contributed by atoms with van der Waals surface area (Å²) in [5, 5.41) is 0. The maximum Gasteiger partial charge on any atom is 0.240 e. The molecule has 1 aliphatic heterocycles. The van der Waals surface area contributed by atoms with Crippen LogP contribution in [0.25, 0.3) is 0 Å². The van der Waals surface area contributed by atoms with Crippen LogP contribution in [0.1, 0.15) is 24.4 Å². The molecule has 140 valence electrons. The Kier molecular flexibility index (Phi) is 5.90. The molecule has 0 saturated carbocycles. The van der Waals surface area contributed by atoms with Gasteiger partial charge in [0.15, 0.2) is 0 Å². The fraction of sp³-hybridized carbons (Fsp3) is 0.368. The Morgan fingerprint density at radius 3 is 2.42 bits per heavy atom. The van der Waals surface area contributed by atoms with Crippen molar-refractivity contribution in [1.29, 1.82) is 0 Å². The second-order valence-electron chi connectivity index (χ2n) is 6.31. The van der Waals surface area contributed by atoms with Gasteiger partial charge in [-0.05, 0) is 56.3 Å². The van der Waals surface area contributed by atoms with Crippen LogP contribution in [0.4, 0.5) is 4.39 Å². The van der Waals surface area contributed by atoms with Gasteiger partial charge < -0.3 is 4.74 Å². The maximum atomic E-state index is 13.1. The number of nitrogens with zero attached hydrogens (tertiary/aromatic N) is 1. The van der Waals surface area contributed by atoms with Gasteiger partial charge in [-0.2, -0.15) is 0 Å². The second kappa shape index (κ2) is 8.16. The van der Waals surface area contributed by atoms with Gasteiger partial charge in [-0.25, -0.2) is 17.5 Å². The maximum absolute atomic E-state index is 13.1. The number of nitrogens with one attached hydrogen (secondary N) is 1. The molecule has 1 heterocycles. The molecule has 3 rings (SSSR count). The van der Waals surface area contributed by atoms with Crippen LogP contribution < -0.4 is 9.46 Å². The monoisotopic (exact) mass is 378 g/mol. The van der Waals surface area contributed by atoms with E-state index >= 15 is 0 Å². The van der Waals surface area contributed by atoms with Gasteiger partial charge >= 0.3 is 0 Å². The van der Waals surface area contributed by atoms with Crippen molar-refractivity contribution in [3.8, 4) is 5.75 Å². The highest BCUT2D eigenvalue weighted by Gasteiger charge is 2.27. The Labute approximate surface area is 153 Å². The number of para-hydroxylation sites is 1. The summed E-state index contributed by atoms with van der Waals surface area (Å²) in [5.74, 6) is 0.276. The van der Waals surface area contributed by atoms with Crippen LogP contribution in [-0.2, 0) is 10.0 Å². The Morgan fingerprint density at radius 2 is 1.77 bits per heavy atom. The van der Waals surface area contributed by atoms with E-state index in [1.165, 1.54) is 12.1 Å². The quantitative estimate of drug-likeness (QED) is 0.805. The number of halogens is 1. The molecule has 0 bridgehead atoms. The van der Waals surface area contributed by atoms with Crippen molar-refractivity contribution in [2.45, 2.75) is 23.8 Å². The third kappa shape index (κ3) is 4.23. The van der Waals surface area contributed by atoms with Crippen LogP contribution >= 0.6 is 0 Å². The standard InChI is InChI=1S/C19H23FN2O3S/c1-25-19-7-3-2-6-17(19)18(22-12-4-5-13-22)14-21-26(23,24)16-10-8-15(20)9-11-16/h2-3,6-11,18,21H,4-5,12-14H2,1H3/t18-/m0/s1. The lowest BCUT2D eigenvalue weighted by atomic mass is 10.0. The van der Waals surface area contributed by atoms with Crippen LogP contribution in [0.2, 0.25) is 0 Å². The SMILES string of the molecule is COc1ccccc1[C@H](CNS(=O)(=O)c1ccc(F)cc1)N1CCCC1. The molecule has 0 aromatic heterocycles. The van der Waals surface area contributed by atoms with E-state index in [2.05, 4.69) is 9.62 Å². The zero-order chi connectivity index (χ0) is 18.6. The minimum atomic E-state index is -3.71. The molecule has 0 amide bonds. The van der Waals surface area contributed by atoms with Gasteiger partial charge in [-0.15, -0.1) is 0 Å². The number of benzene rings is 2. The third-order valence-electron chi connectivity index (χ3n) is 4.67. The number of rotatable bonds is 7. The smallest absolute Gasteiger partial charge is 0.240 e. The fourth-order valence-corrected chi connectivity index (χ4v) is 4.35. The topological polar surface area (TPSA) is 58.6 Å². The Bertz CT molecular complexity index is 834. The van der Waals surface area contributed by atoms with Crippen molar-refractivity contribution >= 4 is 10.0 Å². The molecule has 2 aromatic carbocycles. The van der Waals surface area contributed by atoms with E-state index in [0.29, 0.717) is 0 Å². The number of hydrogen-bond donors (Lipinski definition) is 1. The minimum absolute atomic E-state index is 0.0547. The number of likely N-dealkylation sites (tertiary alicyclic amines) is 1. The fourth-order valence-electron chi connectivity index (χ4n) is 3.32. The molecule has 1 fully saturated rings. The molecule has 0 aliphatic carbocycles. The molecular formula is C19H23FN2O3S. The van der Waals surface area contributed by atoms with E-state index in [1.807, 2.05) is 24.3 Å². The van der Waals surface area contributed by atoms with E-state index in [0.717, 1.165) is 49.4 Å². The molecule has 1 N–H and O–H groups in total. The van der Waals surface area contributed by atoms with E-state index in [1.54, 1.807) is 7.11 Å². The largest absolute Gasteiger partial charge is 0.496 e. The number of sulfonamides is 1. The lowest BCUT2D eigenvalue weighted by Crippen LogP contribution is -2.37. The third-order valence-corrected chi connectivity index (χ3v) is 6.11. The summed E-state index contributed by atoms with van der Waals surface area (Å²) in [6.07, 6.45) is 2.19. The van der Waals surface area contributed by atoms with E-state index in [9.17, 15) is 12.8 Å². The minimum Gasteiger partial charge on any atom is -0.496 e. The average Bonchev–Trinajstić information content (AvgIpc) is 3.17. The first-order valence-corrected chi connectivity index (χ1v) is 10.1. The Hall–Kier alpha value is -1.96. The van der Waals surface area contributed by atoms with Gasteiger partial charge in [0.2, 0.25) is 10.0 Å². The van der Waals surface area contributed by atoms with Crippen molar-refractivity contribution in [3.63, 3.8) is 0 Å². The number of ether oxygens (including phenoxy) is 1. The molecular weight excluding hydrogens is 355 g/mol. The van der Waals surface area contributed by atoms with Crippen molar-refractivity contribution in [2.24, 2.45) is 0 Å². The Balaban J connectivity index is 1.83. The van der Waals surface area contributed by atoms with Crippen molar-refractivity contribution in [1.82, 2.24) is 9.62 Å². The van der Waals surface area contributed by atoms with Gasteiger partial charge in [0.05, 0.1) is 18.0 Å². The van der Waals surface area contributed by atoms with E-state index in [4.69, 9.17) is 4.74 Å². The van der Waals surface area contributed by atoms with Crippen LogP contribution in [0.5, 0.6) is 5.75 Å². The molecule has 0 spiro atoms. The lowest BCUT2D eigenvalue weighted by molar-refractivity contribution is 0.240. The summed E-state index contributed by atoms with van der Waals surface area (Å²) in [7, 11) is -2.10. The molecule has 7 heteroatoms. The Morgan fingerprint density at radius 1 is 1.12 bits per heavy atom. The van der Waals surface area contributed by atoms with Gasteiger partial charge in [-0.1, -0.05) is 18.2 Å². The van der Waals surface area contributed by atoms with E-state index in [-0.39, 0.29) is 17.5 Å². The van der Waals surface area contributed by atoms with Crippen LogP contribution in [0.3, 0.4) is 0 Å². The molecule has 1 aliphatic rings. The molecule has 2 aromatic rings. The molecule has 26 heavy (non-hydrogen) atoms. The highest BCUT2D eigenvalue weighted by atomic mass is 32.2. The highest BCUT2D eigenvalue weighted by Crippen LogP contribution is 2.31. The van der Waals surface area contributed by atoms with Gasteiger partial charge in [-0.3, -0.25) is 4.90 Å². The van der Waals surface area contributed by atoms with Gasteiger partial charge in [0.1, 0.15) is 11.6 Å². The predicted molar refractivity (Wildman–Crippen MR) is 98.1 cm³/mol. The summed E-state index contributed by atoms with van der Waals surface area (Å²) in [4.78, 5) is 2.32. The summed E-state index contributed by atoms with van der Waals surface area (Å²) in [6, 6.07) is 12.4. The van der Waals surface area contributed by atoms with Crippen LogP contribution in [0, 0.1) is 5.82 Å². The van der Waals surface area contributed by atoms with Crippen molar-refractivity contribution < 1.29 is 17.5 Å². The molecule has 1 saturated heterocycles. The molecule has 0 unspecified atom stereocenters. The average molecular weight is 378 g/mol. The summed E-state index contributed by atoms with van der Waals surface area (Å²) < 4.78 is 46.3. The molecule has 0 radical (unpaired) electrons. The second-order valence-corrected chi connectivity index (χ2v) is 8.07. The van der Waals surface area contributed by atoms with Crippen LogP contribution in [0.15, 0.2) is 53.4 Å². The number of methoxy groups -OCH3 is 1. The van der Waals surface area contributed by atoms with Gasteiger partial charge in [0.25, 0.3) is 0 Å². The van der Waals surface area contributed by atoms with Gasteiger partial charge in [0, 0.05) is 12.1 Å². The highest BCUT2D eigenvalue weighted by molar-refractivity contribution is 7.89. The normalized spacial score (nSPS) is 16.5. The molecule has 1 atom stereocenters. The lowest BCUT2D eigenvalue weighted by Gasteiger charge is -2.29. The van der Waals surface area contributed by atoms with E-state index < -0.39 is 15.8 Å². The zero-order valence-corrected chi connectivity index (χ0v) is 15.5. The first-order valence-electron chi connectivity index (χ1n) is 8.63. The molecule has 5 nitrogen and oxygen atoms in total. The van der Waals surface area contributed by atoms with Crippen molar-refractivity contribution in [3.05, 3.63) is 59.9 Å². The first kappa shape index (κ1) is 18.8. The predicted octanol–water partition coefficient (Wildman–Crippen LogP) is 2.95. The summed E-state index contributed by atoms with van der Waals surface area (Å²) >= 11 is 0. The zero-order valence-electron chi connectivity index (χ0n) is 14.7. The summed E-state index contributed by atoms with van der Waals surface area (Å²) in [6.45, 7) is 2.06. The van der Waals surface area contributed by atoms with Crippen molar-refractivity contribution in [2.75, 3.05) is 26.7 Å². The summed E-state index contributed by atoms with van der Waals surface area (Å²) in [5.41, 5.74) is 0.957.